The molecule has 1 aromatic carbocycles. The van der Waals surface area contributed by atoms with E-state index in [2.05, 4.69) is 15.1 Å². The number of hydrogen-bond donors (Lipinski definition) is 3. The maximum absolute atomic E-state index is 13.0. The topological polar surface area (TPSA) is 95.5 Å². The van der Waals surface area contributed by atoms with Gasteiger partial charge >= 0.3 is 6.18 Å². The van der Waals surface area contributed by atoms with Gasteiger partial charge in [-0.25, -0.2) is 0 Å². The van der Waals surface area contributed by atoms with Crippen molar-refractivity contribution >= 4 is 5.82 Å². The van der Waals surface area contributed by atoms with Crippen LogP contribution in [0.3, 0.4) is 0 Å². The van der Waals surface area contributed by atoms with Crippen LogP contribution in [0, 0.1) is 6.92 Å². The van der Waals surface area contributed by atoms with Gasteiger partial charge in [-0.15, -0.1) is 10.2 Å². The summed E-state index contributed by atoms with van der Waals surface area (Å²) in [6.45, 7) is 3.89. The van der Waals surface area contributed by atoms with Crippen molar-refractivity contribution in [1.82, 2.24) is 10.2 Å². The van der Waals surface area contributed by atoms with Crippen LogP contribution in [0.25, 0.3) is 11.3 Å². The number of aryl methyl sites for hydroxylation is 1. The van der Waals surface area contributed by atoms with E-state index < -0.39 is 23.1 Å². The van der Waals surface area contributed by atoms with E-state index in [1.54, 1.807) is 13.0 Å². The molecule has 2 heterocycles. The second-order valence-corrected chi connectivity index (χ2v) is 8.44. The summed E-state index contributed by atoms with van der Waals surface area (Å²) in [6.07, 6.45) is -2.76. The molecule has 6 nitrogen and oxygen atoms in total. The highest BCUT2D eigenvalue weighted by molar-refractivity contribution is 5.73. The van der Waals surface area contributed by atoms with E-state index in [1.807, 2.05) is 0 Å². The summed E-state index contributed by atoms with van der Waals surface area (Å²) in [5, 5.41) is 28.8. The number of nitrogens with two attached hydrogens (primary N) is 1. The first-order chi connectivity index (χ1) is 13.4. The Morgan fingerprint density at radius 1 is 1.21 bits per heavy atom. The third-order valence-corrected chi connectivity index (χ3v) is 5.73. The quantitative estimate of drug-likeness (QED) is 0.707. The fourth-order valence-corrected chi connectivity index (χ4v) is 4.39. The van der Waals surface area contributed by atoms with Gasteiger partial charge in [0.2, 0.25) is 0 Å². The number of hydrogen-bond acceptors (Lipinski definition) is 6. The lowest BCUT2D eigenvalue weighted by molar-refractivity contribution is -0.137. The van der Waals surface area contributed by atoms with Crippen LogP contribution >= 0.6 is 0 Å². The number of anilines is 1. The zero-order valence-electron chi connectivity index (χ0n) is 16.2. The molecule has 4 N–H and O–H groups in total. The van der Waals surface area contributed by atoms with Crippen molar-refractivity contribution < 1.29 is 23.4 Å². The Morgan fingerprint density at radius 2 is 1.90 bits per heavy atom. The van der Waals surface area contributed by atoms with Crippen LogP contribution < -0.4 is 10.6 Å². The number of benzene rings is 1. The van der Waals surface area contributed by atoms with Gasteiger partial charge in [0.15, 0.2) is 5.82 Å². The number of aliphatic hydroxyl groups is 1. The van der Waals surface area contributed by atoms with Crippen molar-refractivity contribution in [3.63, 3.8) is 0 Å². The molecule has 0 unspecified atom stereocenters. The smallest absolute Gasteiger partial charge is 0.416 e. The number of fused-ring (bicyclic) bond motifs is 1. The first-order valence-corrected chi connectivity index (χ1v) is 9.47. The highest BCUT2D eigenvalue weighted by atomic mass is 19.4. The van der Waals surface area contributed by atoms with Crippen LogP contribution in [-0.2, 0) is 12.6 Å². The van der Waals surface area contributed by atoms with Gasteiger partial charge in [0.05, 0.1) is 16.9 Å². The van der Waals surface area contributed by atoms with Crippen LogP contribution in [0.1, 0.15) is 36.5 Å². The van der Waals surface area contributed by atoms with Crippen molar-refractivity contribution in [1.29, 1.82) is 0 Å². The van der Waals surface area contributed by atoms with Gasteiger partial charge in [0, 0.05) is 29.8 Å². The monoisotopic (exact) mass is 408 g/mol. The van der Waals surface area contributed by atoms with Crippen molar-refractivity contribution in [2.24, 2.45) is 5.73 Å². The Labute approximate surface area is 166 Å². The van der Waals surface area contributed by atoms with Crippen molar-refractivity contribution in [3.8, 4) is 17.0 Å². The lowest BCUT2D eigenvalue weighted by Gasteiger charge is -2.49. The molecule has 156 valence electrons. The molecule has 0 spiro atoms. The van der Waals surface area contributed by atoms with Crippen LogP contribution in [0.2, 0.25) is 0 Å². The molecule has 4 rings (SSSR count). The molecule has 0 radical (unpaired) electrons. The predicted octanol–water partition coefficient (Wildman–Crippen LogP) is 2.78. The minimum atomic E-state index is -4.54. The van der Waals surface area contributed by atoms with Gasteiger partial charge in [0.1, 0.15) is 5.75 Å². The van der Waals surface area contributed by atoms with E-state index in [9.17, 15) is 23.4 Å². The maximum atomic E-state index is 13.0. The summed E-state index contributed by atoms with van der Waals surface area (Å²) in [5.41, 5.74) is 6.24. The molecule has 1 saturated carbocycles. The minimum Gasteiger partial charge on any atom is -0.507 e. The Morgan fingerprint density at radius 3 is 2.48 bits per heavy atom. The van der Waals surface area contributed by atoms with E-state index in [1.165, 1.54) is 6.92 Å². The number of rotatable bonds is 2. The molecule has 1 fully saturated rings. The Balaban J connectivity index is 1.71. The summed E-state index contributed by atoms with van der Waals surface area (Å²) in [4.78, 5) is 2.05. The van der Waals surface area contributed by atoms with E-state index in [0.717, 1.165) is 11.6 Å². The van der Waals surface area contributed by atoms with Gasteiger partial charge in [-0.05, 0) is 56.9 Å². The molecular formula is C20H23F3N4O2. The second-order valence-electron chi connectivity index (χ2n) is 8.44. The third-order valence-electron chi connectivity index (χ3n) is 5.73. The minimum absolute atomic E-state index is 0.122. The summed E-state index contributed by atoms with van der Waals surface area (Å²) < 4.78 is 39.0. The molecular weight excluding hydrogens is 385 g/mol. The molecule has 1 aliphatic carbocycles. The molecule has 0 amide bonds. The van der Waals surface area contributed by atoms with E-state index >= 15 is 0 Å². The summed E-state index contributed by atoms with van der Waals surface area (Å²) in [6, 6.07) is 3.42. The van der Waals surface area contributed by atoms with Crippen LogP contribution in [0.5, 0.6) is 5.75 Å². The fourth-order valence-electron chi connectivity index (χ4n) is 4.39. The fraction of sp³-hybridized carbons (Fsp3) is 0.500. The van der Waals surface area contributed by atoms with Crippen LogP contribution in [0.15, 0.2) is 18.2 Å². The summed E-state index contributed by atoms with van der Waals surface area (Å²) >= 11 is 0. The predicted molar refractivity (Wildman–Crippen MR) is 102 cm³/mol. The van der Waals surface area contributed by atoms with Gasteiger partial charge in [0.25, 0.3) is 0 Å². The van der Waals surface area contributed by atoms with Crippen LogP contribution in [0.4, 0.5) is 19.0 Å². The molecule has 0 saturated heterocycles. The maximum Gasteiger partial charge on any atom is 0.416 e. The number of phenols is 1. The zero-order chi connectivity index (χ0) is 21.1. The Bertz CT molecular complexity index is 930. The molecule has 1 atom stereocenters. The lowest BCUT2D eigenvalue weighted by atomic mass is 9.75. The Kier molecular flexibility index (Phi) is 4.51. The second kappa shape index (κ2) is 6.56. The number of alkyl halides is 3. The highest BCUT2D eigenvalue weighted by Gasteiger charge is 2.44. The average Bonchev–Trinajstić information content (AvgIpc) is 2.57. The zero-order valence-corrected chi connectivity index (χ0v) is 16.2. The van der Waals surface area contributed by atoms with Gasteiger partial charge < -0.3 is 20.8 Å². The SMILES string of the molecule is Cc1cc(C(F)(F)F)cc(O)c1-c1cc2c(nn1)N(C1CC(C)(O)C1)C[C@H](N)C2. The highest BCUT2D eigenvalue weighted by Crippen LogP contribution is 2.42. The summed E-state index contributed by atoms with van der Waals surface area (Å²) in [7, 11) is 0. The third kappa shape index (κ3) is 3.64. The number of phenolic OH excluding ortho intramolecular Hbond substituents is 1. The van der Waals surface area contributed by atoms with Crippen molar-refractivity contribution in [3.05, 3.63) is 34.9 Å². The number of aromatic nitrogens is 2. The largest absolute Gasteiger partial charge is 0.507 e. The standard InChI is InChI=1S/C20H23F3N4O2/c1-10-3-12(20(21,22)23)6-16(28)17(10)15-5-11-4-13(24)9-27(18(11)26-25-15)14-7-19(2,29)8-14/h3,5-6,13-14,28-29H,4,7-9,24H2,1-2H3/t13-,14?,19?/m1/s1. The molecule has 9 heteroatoms. The van der Waals surface area contributed by atoms with Crippen molar-refractivity contribution in [2.45, 2.75) is 57.0 Å². The molecule has 29 heavy (non-hydrogen) atoms. The summed E-state index contributed by atoms with van der Waals surface area (Å²) in [5.74, 6) is 0.193. The molecule has 1 aliphatic heterocycles. The van der Waals surface area contributed by atoms with E-state index in [4.69, 9.17) is 5.73 Å². The van der Waals surface area contributed by atoms with E-state index in [0.29, 0.717) is 43.4 Å². The first-order valence-electron chi connectivity index (χ1n) is 9.47. The molecule has 2 aliphatic rings. The lowest BCUT2D eigenvalue weighted by Crippen LogP contribution is -2.58. The van der Waals surface area contributed by atoms with Gasteiger partial charge in [-0.1, -0.05) is 0 Å². The normalized spacial score (nSPS) is 26.8. The van der Waals surface area contributed by atoms with Crippen LogP contribution in [-0.4, -0.2) is 44.6 Å². The molecule has 0 bridgehead atoms. The molecule has 2 aromatic rings. The van der Waals surface area contributed by atoms with E-state index in [-0.39, 0.29) is 23.2 Å². The number of aromatic hydroxyl groups is 1. The van der Waals surface area contributed by atoms with Gasteiger partial charge in [-0.3, -0.25) is 0 Å². The first kappa shape index (κ1) is 19.9. The number of halogens is 3. The Hall–Kier alpha value is -2.39. The number of nitrogens with zero attached hydrogens (tertiary/aromatic N) is 3. The van der Waals surface area contributed by atoms with Gasteiger partial charge in [-0.2, -0.15) is 13.2 Å². The average molecular weight is 408 g/mol. The van der Waals surface area contributed by atoms with Crippen molar-refractivity contribution in [2.75, 3.05) is 11.4 Å². The molecule has 1 aromatic heterocycles.